The molecule has 0 saturated heterocycles. The summed E-state index contributed by atoms with van der Waals surface area (Å²) >= 11 is 1.13. The second-order valence-electron chi connectivity index (χ2n) is 7.10. The van der Waals surface area contributed by atoms with Crippen molar-refractivity contribution in [3.05, 3.63) is 88.9 Å². The van der Waals surface area contributed by atoms with Gasteiger partial charge < -0.3 is 9.32 Å². The van der Waals surface area contributed by atoms with Crippen LogP contribution in [0.5, 0.6) is 0 Å². The monoisotopic (exact) mass is 462 g/mol. The molecule has 0 spiro atoms. The Morgan fingerprint density at radius 2 is 1.94 bits per heavy atom. The van der Waals surface area contributed by atoms with E-state index in [1.165, 1.54) is 40.0 Å². The molecule has 0 aliphatic heterocycles. The smallest absolute Gasteiger partial charge is 0.262 e. The highest BCUT2D eigenvalue weighted by Gasteiger charge is 2.19. The van der Waals surface area contributed by atoms with Crippen LogP contribution in [0, 0.1) is 17.1 Å². The number of fused-ring (bicyclic) bond motifs is 1. The summed E-state index contributed by atoms with van der Waals surface area (Å²) in [6, 6.07) is 18.1. The molecule has 0 fully saturated rings. The van der Waals surface area contributed by atoms with Gasteiger partial charge in [-0.1, -0.05) is 23.9 Å². The van der Waals surface area contributed by atoms with Gasteiger partial charge in [0.1, 0.15) is 11.6 Å². The number of nitriles is 1. The lowest BCUT2D eigenvalue weighted by Gasteiger charge is -2.22. The van der Waals surface area contributed by atoms with Gasteiger partial charge in [-0.2, -0.15) is 5.26 Å². The number of hydrogen-bond donors (Lipinski definition) is 0. The first-order chi connectivity index (χ1) is 16.1. The molecule has 4 aromatic rings. The third-order valence-electron chi connectivity index (χ3n) is 4.93. The zero-order chi connectivity index (χ0) is 23.2. The van der Waals surface area contributed by atoms with Crippen molar-refractivity contribution in [2.45, 2.75) is 18.1 Å². The number of halogens is 1. The van der Waals surface area contributed by atoms with E-state index in [4.69, 9.17) is 9.68 Å². The number of hydrogen-bond acceptors (Lipinski definition) is 6. The number of benzene rings is 2. The van der Waals surface area contributed by atoms with E-state index >= 15 is 0 Å². The molecule has 0 bridgehead atoms. The molecule has 1 amide bonds. The van der Waals surface area contributed by atoms with Crippen molar-refractivity contribution in [1.29, 1.82) is 5.26 Å². The molecule has 2 heterocycles. The molecule has 0 aliphatic rings. The molecule has 0 atom stereocenters. The molecular weight excluding hydrogens is 443 g/mol. The highest BCUT2D eigenvalue weighted by molar-refractivity contribution is 7.99. The summed E-state index contributed by atoms with van der Waals surface area (Å²) in [5.41, 5.74) is 0.802. The van der Waals surface area contributed by atoms with Crippen molar-refractivity contribution in [3.63, 3.8) is 0 Å². The quantitative estimate of drug-likeness (QED) is 0.288. The summed E-state index contributed by atoms with van der Waals surface area (Å²) < 4.78 is 20.2. The third-order valence-corrected chi connectivity index (χ3v) is 5.89. The molecule has 9 heteroatoms. The summed E-state index contributed by atoms with van der Waals surface area (Å²) in [6.45, 7) is 0.349. The number of furan rings is 1. The first-order valence-corrected chi connectivity index (χ1v) is 11.1. The van der Waals surface area contributed by atoms with Crippen molar-refractivity contribution in [3.8, 4) is 6.07 Å². The molecule has 7 nitrogen and oxygen atoms in total. The summed E-state index contributed by atoms with van der Waals surface area (Å²) in [5, 5.41) is 9.83. The maximum atomic E-state index is 13.3. The highest BCUT2D eigenvalue weighted by atomic mass is 32.2. The van der Waals surface area contributed by atoms with Crippen molar-refractivity contribution in [1.82, 2.24) is 9.55 Å². The molecule has 166 valence electrons. The number of aromatic nitrogens is 2. The Morgan fingerprint density at radius 1 is 1.15 bits per heavy atom. The number of nitrogens with zero attached hydrogens (tertiary/aromatic N) is 4. The number of thioether (sulfide) groups is 1. The minimum Gasteiger partial charge on any atom is -0.467 e. The molecule has 33 heavy (non-hydrogen) atoms. The Balaban J connectivity index is 1.63. The van der Waals surface area contributed by atoms with Gasteiger partial charge in [0.25, 0.3) is 5.56 Å². The first kappa shape index (κ1) is 22.3. The molecule has 4 rings (SSSR count). The molecule has 0 unspecified atom stereocenters. The van der Waals surface area contributed by atoms with E-state index in [0.717, 1.165) is 11.8 Å². The summed E-state index contributed by atoms with van der Waals surface area (Å²) in [4.78, 5) is 32.2. The number of para-hydroxylation sites is 1. The van der Waals surface area contributed by atoms with Gasteiger partial charge in [-0.05, 0) is 48.5 Å². The van der Waals surface area contributed by atoms with Crippen molar-refractivity contribution in [2.75, 3.05) is 17.2 Å². The number of anilines is 1. The molecular formula is C24H19FN4O3S. The van der Waals surface area contributed by atoms with Crippen molar-refractivity contribution >= 4 is 34.3 Å². The normalized spacial score (nSPS) is 10.8. The Bertz CT molecular complexity index is 1360. The van der Waals surface area contributed by atoms with Gasteiger partial charge in [0, 0.05) is 12.2 Å². The lowest BCUT2D eigenvalue weighted by Crippen LogP contribution is -2.33. The fourth-order valence-corrected chi connectivity index (χ4v) is 4.22. The average Bonchev–Trinajstić information content (AvgIpc) is 3.34. The van der Waals surface area contributed by atoms with E-state index < -0.39 is 5.82 Å². The molecule has 0 radical (unpaired) electrons. The molecule has 2 aromatic heterocycles. The molecule has 2 aromatic carbocycles. The van der Waals surface area contributed by atoms with Crippen LogP contribution in [0.2, 0.25) is 0 Å². The standard InChI is InChI=1S/C24H19FN4O3S/c25-17-8-10-18(11-9-17)28(13-4-12-26)22(30)16-33-24-27-21-7-2-1-6-20(21)23(31)29(24)15-19-5-3-14-32-19/h1-3,5-11,14H,4,13,15-16H2. The fourth-order valence-electron chi connectivity index (χ4n) is 3.34. The van der Waals surface area contributed by atoms with Gasteiger partial charge in [-0.3, -0.25) is 14.2 Å². The molecule has 0 aliphatic carbocycles. The van der Waals surface area contributed by atoms with Crippen LogP contribution in [0.4, 0.5) is 10.1 Å². The predicted octanol–water partition coefficient (Wildman–Crippen LogP) is 4.22. The predicted molar refractivity (Wildman–Crippen MR) is 124 cm³/mol. The van der Waals surface area contributed by atoms with Crippen LogP contribution in [0.25, 0.3) is 10.9 Å². The highest BCUT2D eigenvalue weighted by Crippen LogP contribution is 2.22. The molecule has 0 N–H and O–H groups in total. The Kier molecular flexibility index (Phi) is 6.86. The average molecular weight is 463 g/mol. The zero-order valence-electron chi connectivity index (χ0n) is 17.5. The van der Waals surface area contributed by atoms with Crippen LogP contribution in [-0.2, 0) is 11.3 Å². The second-order valence-corrected chi connectivity index (χ2v) is 8.04. The van der Waals surface area contributed by atoms with Gasteiger partial charge in [-0.15, -0.1) is 0 Å². The van der Waals surface area contributed by atoms with Crippen LogP contribution in [0.1, 0.15) is 12.2 Å². The van der Waals surface area contributed by atoms with Crippen LogP contribution in [0.3, 0.4) is 0 Å². The largest absolute Gasteiger partial charge is 0.467 e. The SMILES string of the molecule is N#CCCN(C(=O)CSc1nc2ccccc2c(=O)n1Cc1ccco1)c1ccc(F)cc1. The summed E-state index contributed by atoms with van der Waals surface area (Å²) in [7, 11) is 0. The number of carbonyl (C=O) groups excluding carboxylic acids is 1. The number of carbonyl (C=O) groups is 1. The topological polar surface area (TPSA) is 92.1 Å². The Morgan fingerprint density at radius 3 is 2.67 bits per heavy atom. The van der Waals surface area contributed by atoms with Gasteiger partial charge in [0.05, 0.1) is 42.0 Å². The summed E-state index contributed by atoms with van der Waals surface area (Å²) in [6.07, 6.45) is 1.66. The lowest BCUT2D eigenvalue weighted by molar-refractivity contribution is -0.116. The Hall–Kier alpha value is -3.90. The van der Waals surface area contributed by atoms with E-state index in [9.17, 15) is 14.0 Å². The number of rotatable bonds is 8. The maximum absolute atomic E-state index is 13.3. The minimum atomic E-state index is -0.414. The van der Waals surface area contributed by atoms with Gasteiger partial charge in [0.2, 0.25) is 5.91 Å². The lowest BCUT2D eigenvalue weighted by atomic mass is 10.2. The minimum absolute atomic E-state index is 0.0221. The fraction of sp³-hybridized carbons (Fsp3) is 0.167. The zero-order valence-corrected chi connectivity index (χ0v) is 18.3. The van der Waals surface area contributed by atoms with E-state index in [0.29, 0.717) is 27.5 Å². The van der Waals surface area contributed by atoms with Crippen LogP contribution < -0.4 is 10.5 Å². The summed E-state index contributed by atoms with van der Waals surface area (Å²) in [5.74, 6) is -0.132. The molecule has 0 saturated carbocycles. The van der Waals surface area contributed by atoms with Crippen LogP contribution >= 0.6 is 11.8 Å². The first-order valence-electron chi connectivity index (χ1n) is 10.1. The maximum Gasteiger partial charge on any atom is 0.262 e. The number of amides is 1. The Labute approximate surface area is 193 Å². The van der Waals surface area contributed by atoms with E-state index in [1.54, 1.807) is 36.4 Å². The van der Waals surface area contributed by atoms with Gasteiger partial charge >= 0.3 is 0 Å². The van der Waals surface area contributed by atoms with E-state index in [-0.39, 0.29) is 36.7 Å². The van der Waals surface area contributed by atoms with Crippen molar-refractivity contribution in [2.24, 2.45) is 0 Å². The van der Waals surface area contributed by atoms with E-state index in [1.807, 2.05) is 6.07 Å². The second kappa shape index (κ2) is 10.1. The third kappa shape index (κ3) is 5.13. The van der Waals surface area contributed by atoms with Gasteiger partial charge in [0.15, 0.2) is 5.16 Å². The van der Waals surface area contributed by atoms with Crippen LogP contribution in [0.15, 0.2) is 81.3 Å². The van der Waals surface area contributed by atoms with Crippen LogP contribution in [-0.4, -0.2) is 27.8 Å². The van der Waals surface area contributed by atoms with Gasteiger partial charge in [-0.25, -0.2) is 9.37 Å². The van der Waals surface area contributed by atoms with E-state index in [2.05, 4.69) is 4.98 Å². The van der Waals surface area contributed by atoms with Crippen molar-refractivity contribution < 1.29 is 13.6 Å².